The minimum absolute atomic E-state index is 0.0346. The number of aliphatic carboxylic acids is 1. The number of amides is 2. The van der Waals surface area contributed by atoms with Gasteiger partial charge in [0.25, 0.3) is 6.10 Å². The molecular weight excluding hydrogens is 684 g/mol. The molecule has 0 spiro atoms. The average Bonchev–Trinajstić information content (AvgIpc) is 3.71. The van der Waals surface area contributed by atoms with Crippen molar-refractivity contribution in [1.29, 1.82) is 0 Å². The van der Waals surface area contributed by atoms with Gasteiger partial charge in [-0.05, 0) is 80.9 Å². The van der Waals surface area contributed by atoms with Crippen LogP contribution in [0.15, 0.2) is 34.9 Å². The van der Waals surface area contributed by atoms with Crippen LogP contribution < -0.4 is 14.7 Å². The van der Waals surface area contributed by atoms with Crippen molar-refractivity contribution < 1.29 is 52.8 Å². The second-order valence-electron chi connectivity index (χ2n) is 15.0. The Balaban J connectivity index is 1.49. The molecule has 1 aliphatic rings. The van der Waals surface area contributed by atoms with Gasteiger partial charge in [0.05, 0.1) is 18.1 Å². The number of oxime groups is 1. The van der Waals surface area contributed by atoms with Crippen LogP contribution >= 0.6 is 11.3 Å². The number of carbonyl (C=O) groups excluding carboxylic acids is 3. The average molecular weight is 732 g/mol. The lowest BCUT2D eigenvalue weighted by molar-refractivity contribution is -0.733. The molecule has 0 aliphatic carbocycles. The number of nitrogens with zero attached hydrogens (tertiary/aromatic N) is 5. The molecule has 1 aliphatic heterocycles. The number of aryl methyl sites for hydroxylation is 1. The number of esters is 1. The Labute approximate surface area is 300 Å². The maximum absolute atomic E-state index is 13.1. The number of carboxylic acid groups (broad SMARTS) is 1. The molecule has 278 valence electrons. The first kappa shape index (κ1) is 38.9. The van der Waals surface area contributed by atoms with Gasteiger partial charge in [-0.1, -0.05) is 5.16 Å². The molecule has 3 aromatic rings. The van der Waals surface area contributed by atoms with Crippen LogP contribution in [-0.4, -0.2) is 92.1 Å². The smallest absolute Gasteiger partial charge is 0.413 e. The minimum atomic E-state index is -1.48. The second kappa shape index (κ2) is 15.1. The molecule has 16 nitrogen and oxygen atoms in total. The Morgan fingerprint density at radius 3 is 2.33 bits per heavy atom. The summed E-state index contributed by atoms with van der Waals surface area (Å²) >= 11 is 0.955. The quantitative estimate of drug-likeness (QED) is 0.0936. The highest BCUT2D eigenvalue weighted by atomic mass is 32.1. The van der Waals surface area contributed by atoms with Crippen LogP contribution in [0.2, 0.25) is 0 Å². The van der Waals surface area contributed by atoms with Crippen molar-refractivity contribution in [3.63, 3.8) is 0 Å². The predicted molar refractivity (Wildman–Crippen MR) is 187 cm³/mol. The number of aromatic nitrogens is 3. The SMILES string of the molecule is C[n+]1c2ccc(OCC(ON=C(C(=O)O)c3csc(NC(=O)OC(C)(C)C)n3)C(=O)OC(C)(C)C)cc2cn1C1CCN(C(=O)OC(C)(C)C)C1. The largest absolute Gasteiger partial charge is 0.489 e. The zero-order chi connectivity index (χ0) is 37.9. The Bertz CT molecular complexity index is 1800. The number of anilines is 1. The van der Waals surface area contributed by atoms with E-state index >= 15 is 0 Å². The van der Waals surface area contributed by atoms with Crippen molar-refractivity contribution in [1.82, 2.24) is 14.6 Å². The van der Waals surface area contributed by atoms with E-state index in [9.17, 15) is 24.3 Å². The van der Waals surface area contributed by atoms with Gasteiger partial charge in [0.2, 0.25) is 11.2 Å². The number of hydrogen-bond acceptors (Lipinski definition) is 12. The van der Waals surface area contributed by atoms with E-state index in [-0.39, 0.29) is 29.6 Å². The van der Waals surface area contributed by atoms with Gasteiger partial charge in [-0.2, -0.15) is 4.68 Å². The Hall–Kier alpha value is -4.93. The highest BCUT2D eigenvalue weighted by Crippen LogP contribution is 2.26. The van der Waals surface area contributed by atoms with Gasteiger partial charge in [0.1, 0.15) is 40.9 Å². The van der Waals surface area contributed by atoms with Crippen LogP contribution in [0, 0.1) is 0 Å². The third-order valence-corrected chi connectivity index (χ3v) is 7.81. The number of carboxylic acids is 1. The summed E-state index contributed by atoms with van der Waals surface area (Å²) in [6, 6.07) is 5.45. The van der Waals surface area contributed by atoms with Crippen LogP contribution in [0.5, 0.6) is 5.75 Å². The molecule has 2 aromatic heterocycles. The molecule has 2 amide bonds. The fourth-order valence-corrected chi connectivity index (χ4v) is 5.68. The molecule has 2 N–H and O–H groups in total. The molecule has 2 unspecified atom stereocenters. The van der Waals surface area contributed by atoms with Crippen molar-refractivity contribution in [3.05, 3.63) is 35.5 Å². The van der Waals surface area contributed by atoms with Crippen LogP contribution in [-0.2, 0) is 35.7 Å². The van der Waals surface area contributed by atoms with E-state index in [1.165, 1.54) is 5.38 Å². The van der Waals surface area contributed by atoms with E-state index in [1.807, 2.05) is 44.8 Å². The highest BCUT2D eigenvalue weighted by Gasteiger charge is 2.34. The molecule has 3 heterocycles. The summed E-state index contributed by atoms with van der Waals surface area (Å²) in [6.07, 6.45) is 0.172. The van der Waals surface area contributed by atoms with E-state index < -0.39 is 46.7 Å². The van der Waals surface area contributed by atoms with Crippen LogP contribution in [0.3, 0.4) is 0 Å². The molecule has 1 aromatic carbocycles. The lowest BCUT2D eigenvalue weighted by Gasteiger charge is -2.24. The molecule has 4 rings (SSSR count). The van der Waals surface area contributed by atoms with E-state index in [0.29, 0.717) is 18.8 Å². The van der Waals surface area contributed by atoms with Gasteiger partial charge in [-0.25, -0.2) is 24.2 Å². The zero-order valence-electron chi connectivity index (χ0n) is 30.6. The van der Waals surface area contributed by atoms with Crippen molar-refractivity contribution in [2.75, 3.05) is 25.0 Å². The number of rotatable bonds is 10. The van der Waals surface area contributed by atoms with Gasteiger partial charge < -0.3 is 33.8 Å². The standard InChI is InChI=1S/C34H46N6O10S/c1-32(2,3)47-28(43)25(50-37-26(27(41)42)23-19-51-29(35-23)36-30(44)48-33(4,5)6)18-46-22-11-12-24-20(15-22)16-40(38(24)10)21-13-14-39(17-21)31(45)49-34(7,8)9/h11-12,15-16,19,21,25H,13-14,17-18H2,1-10H3,(H-,35,36,41,42,44)/p+1. The summed E-state index contributed by atoms with van der Waals surface area (Å²) in [4.78, 5) is 61.3. The first-order chi connectivity index (χ1) is 23.6. The van der Waals surface area contributed by atoms with Gasteiger partial charge in [0.15, 0.2) is 12.2 Å². The maximum atomic E-state index is 13.1. The summed E-state index contributed by atoms with van der Waals surface area (Å²) in [5.41, 5.74) is -2.01. The van der Waals surface area contributed by atoms with E-state index in [0.717, 1.165) is 28.7 Å². The van der Waals surface area contributed by atoms with Crippen molar-refractivity contribution in [2.45, 2.75) is 97.7 Å². The number of fused-ring (bicyclic) bond motifs is 1. The molecule has 1 fully saturated rings. The maximum Gasteiger partial charge on any atom is 0.413 e. The van der Waals surface area contributed by atoms with Crippen molar-refractivity contribution in [2.24, 2.45) is 12.2 Å². The Kier molecular flexibility index (Phi) is 11.5. The van der Waals surface area contributed by atoms with E-state index in [4.69, 9.17) is 23.8 Å². The number of hydrogen-bond donors (Lipinski definition) is 2. The third-order valence-electron chi connectivity index (χ3n) is 7.05. The van der Waals surface area contributed by atoms with Gasteiger partial charge >= 0.3 is 24.1 Å². The van der Waals surface area contributed by atoms with Gasteiger partial charge in [-0.15, -0.1) is 16.0 Å². The molecule has 17 heteroatoms. The Morgan fingerprint density at radius 2 is 1.71 bits per heavy atom. The van der Waals surface area contributed by atoms with E-state index in [2.05, 4.69) is 20.1 Å². The van der Waals surface area contributed by atoms with Crippen molar-refractivity contribution >= 4 is 57.2 Å². The number of benzene rings is 1. The normalized spacial score (nSPS) is 16.1. The first-order valence-electron chi connectivity index (χ1n) is 16.4. The second-order valence-corrected chi connectivity index (χ2v) is 15.8. The number of carbonyl (C=O) groups is 4. The minimum Gasteiger partial charge on any atom is -0.489 e. The topological polar surface area (TPSA) is 184 Å². The number of likely N-dealkylation sites (tertiary alicyclic amines) is 1. The van der Waals surface area contributed by atoms with E-state index in [1.54, 1.807) is 58.6 Å². The lowest BCUT2D eigenvalue weighted by Crippen LogP contribution is -2.42. The number of nitrogens with one attached hydrogen (secondary N) is 1. The summed E-state index contributed by atoms with van der Waals surface area (Å²) in [5, 5.41) is 18.4. The van der Waals surface area contributed by atoms with Crippen LogP contribution in [0.4, 0.5) is 14.7 Å². The molecule has 0 saturated carbocycles. The summed E-state index contributed by atoms with van der Waals surface area (Å²) in [5.74, 6) is -1.89. The monoisotopic (exact) mass is 731 g/mol. The first-order valence-corrected chi connectivity index (χ1v) is 17.2. The lowest BCUT2D eigenvalue weighted by atomic mass is 10.2. The highest BCUT2D eigenvalue weighted by molar-refractivity contribution is 7.14. The Morgan fingerprint density at radius 1 is 1.04 bits per heavy atom. The number of thiazole rings is 1. The van der Waals surface area contributed by atoms with Gasteiger partial charge in [0, 0.05) is 18.0 Å². The molecule has 0 radical (unpaired) electrons. The molecule has 51 heavy (non-hydrogen) atoms. The molecule has 0 bridgehead atoms. The fraction of sp³-hybridized carbons (Fsp3) is 0.559. The summed E-state index contributed by atoms with van der Waals surface area (Å²) in [6.45, 7) is 16.4. The third kappa shape index (κ3) is 11.0. The van der Waals surface area contributed by atoms with Gasteiger partial charge in [-0.3, -0.25) is 5.32 Å². The predicted octanol–water partition coefficient (Wildman–Crippen LogP) is 5.05. The zero-order valence-corrected chi connectivity index (χ0v) is 31.5. The van der Waals surface area contributed by atoms with Crippen LogP contribution in [0.25, 0.3) is 10.9 Å². The van der Waals surface area contributed by atoms with Crippen LogP contribution in [0.1, 0.15) is 80.5 Å². The summed E-state index contributed by atoms with van der Waals surface area (Å²) < 4.78 is 26.3. The molecular formula is C34H47N6O10S+. The molecule has 2 atom stereocenters. The van der Waals surface area contributed by atoms with Crippen molar-refractivity contribution in [3.8, 4) is 5.75 Å². The summed E-state index contributed by atoms with van der Waals surface area (Å²) in [7, 11) is 1.93. The number of ether oxygens (including phenoxy) is 4. The molecule has 1 saturated heterocycles. The fourth-order valence-electron chi connectivity index (χ4n) is 5.00.